The van der Waals surface area contributed by atoms with Gasteiger partial charge in [0.05, 0.1) is 6.42 Å². The predicted octanol–water partition coefficient (Wildman–Crippen LogP) is 2.12. The lowest BCUT2D eigenvalue weighted by molar-refractivity contribution is -0.137. The maximum Gasteiger partial charge on any atom is 0.315 e. The van der Waals surface area contributed by atoms with Gasteiger partial charge in [-0.05, 0) is 43.4 Å². The van der Waals surface area contributed by atoms with Gasteiger partial charge in [-0.2, -0.15) is 0 Å². The lowest BCUT2D eigenvalue weighted by Crippen LogP contribution is -2.48. The van der Waals surface area contributed by atoms with Crippen LogP contribution in [0.15, 0.2) is 0 Å². The number of nitrogens with one attached hydrogen (secondary N) is 2. The minimum Gasteiger partial charge on any atom is -0.481 e. The molecule has 0 bridgehead atoms. The van der Waals surface area contributed by atoms with Gasteiger partial charge in [-0.15, -0.1) is 0 Å². The van der Waals surface area contributed by atoms with Gasteiger partial charge in [0.2, 0.25) is 0 Å². The number of urea groups is 1. The van der Waals surface area contributed by atoms with E-state index in [4.69, 9.17) is 5.11 Å². The fourth-order valence-corrected chi connectivity index (χ4v) is 2.84. The van der Waals surface area contributed by atoms with Crippen molar-refractivity contribution in [1.29, 1.82) is 0 Å². The highest BCUT2D eigenvalue weighted by Gasteiger charge is 2.36. The third kappa shape index (κ3) is 3.85. The number of hydrogen-bond donors (Lipinski definition) is 3. The van der Waals surface area contributed by atoms with E-state index in [-0.39, 0.29) is 18.5 Å². The molecule has 2 aliphatic rings. The molecule has 2 aliphatic carbocycles. The van der Waals surface area contributed by atoms with E-state index in [1.165, 1.54) is 19.3 Å². The summed E-state index contributed by atoms with van der Waals surface area (Å²) in [6, 6.07) is -0.422. The van der Waals surface area contributed by atoms with E-state index in [9.17, 15) is 9.59 Å². The lowest BCUT2D eigenvalue weighted by atomic mass is 9.67. The molecule has 0 spiro atoms. The second-order valence-electron chi connectivity index (χ2n) is 6.08. The topological polar surface area (TPSA) is 78.4 Å². The molecular weight excluding hydrogens is 244 g/mol. The Morgan fingerprint density at radius 2 is 2.05 bits per heavy atom. The van der Waals surface area contributed by atoms with Crippen LogP contribution in [0.3, 0.4) is 0 Å². The molecule has 0 saturated heterocycles. The molecule has 0 heterocycles. The van der Waals surface area contributed by atoms with E-state index in [0.717, 1.165) is 19.3 Å². The summed E-state index contributed by atoms with van der Waals surface area (Å²) in [4.78, 5) is 22.6. The highest BCUT2D eigenvalue weighted by atomic mass is 16.4. The normalized spacial score (nSPS) is 22.2. The zero-order valence-electron chi connectivity index (χ0n) is 11.6. The molecule has 108 valence electrons. The van der Waals surface area contributed by atoms with Gasteiger partial charge in [0.1, 0.15) is 0 Å². The van der Waals surface area contributed by atoms with Crippen molar-refractivity contribution in [3.8, 4) is 0 Å². The van der Waals surface area contributed by atoms with Gasteiger partial charge in [-0.3, -0.25) is 4.79 Å². The molecule has 0 aromatic heterocycles. The molecule has 0 aromatic rings. The highest BCUT2D eigenvalue weighted by molar-refractivity contribution is 5.75. The van der Waals surface area contributed by atoms with E-state index in [1.807, 2.05) is 0 Å². The van der Waals surface area contributed by atoms with E-state index in [2.05, 4.69) is 17.6 Å². The smallest absolute Gasteiger partial charge is 0.315 e. The Bertz CT molecular complexity index is 343. The Kier molecular flexibility index (Phi) is 4.32. The number of carboxylic acids is 1. The average Bonchev–Trinajstić information content (AvgIpc) is 3.10. The summed E-state index contributed by atoms with van der Waals surface area (Å²) in [7, 11) is 0. The van der Waals surface area contributed by atoms with Crippen molar-refractivity contribution < 1.29 is 14.7 Å². The van der Waals surface area contributed by atoms with E-state index in [1.54, 1.807) is 0 Å². The molecule has 5 nitrogen and oxygen atoms in total. The molecule has 0 radical (unpaired) electrons. The number of carbonyl (C=O) groups is 2. The maximum absolute atomic E-state index is 11.9. The summed E-state index contributed by atoms with van der Waals surface area (Å²) in [5.74, 6) is -0.494. The number of carbonyl (C=O) groups excluding carboxylic acids is 1. The summed E-state index contributed by atoms with van der Waals surface area (Å²) in [5, 5.41) is 14.6. The minimum absolute atomic E-state index is 0.0248. The first-order chi connectivity index (χ1) is 9.04. The van der Waals surface area contributed by atoms with E-state index >= 15 is 0 Å². The first kappa shape index (κ1) is 14.2. The quantitative estimate of drug-likeness (QED) is 0.661. The number of carboxylic acid groups (broad SMARTS) is 1. The first-order valence-corrected chi connectivity index (χ1v) is 7.31. The van der Waals surface area contributed by atoms with Gasteiger partial charge in [0.25, 0.3) is 0 Å². The standard InChI is InChI=1S/C14H24N2O3/c1-2-14(6-3-7-14)9-15-13(19)16-11(8-12(17)18)10-4-5-10/h10-11H,2-9H2,1H3,(H,17,18)(H2,15,16,19). The van der Waals surface area contributed by atoms with Gasteiger partial charge in [0.15, 0.2) is 0 Å². The second-order valence-corrected chi connectivity index (χ2v) is 6.08. The summed E-state index contributed by atoms with van der Waals surface area (Å²) in [5.41, 5.74) is 0.291. The van der Waals surface area contributed by atoms with Crippen LogP contribution in [0.5, 0.6) is 0 Å². The van der Waals surface area contributed by atoms with Crippen molar-refractivity contribution in [2.45, 2.75) is 57.9 Å². The summed E-state index contributed by atoms with van der Waals surface area (Å²) in [6.07, 6.45) is 6.79. The zero-order valence-corrected chi connectivity index (χ0v) is 11.6. The van der Waals surface area contributed by atoms with Crippen molar-refractivity contribution in [1.82, 2.24) is 10.6 Å². The molecule has 5 heteroatoms. The Hall–Kier alpha value is -1.26. The van der Waals surface area contributed by atoms with Crippen molar-refractivity contribution >= 4 is 12.0 Å². The molecule has 2 fully saturated rings. The Morgan fingerprint density at radius 3 is 2.47 bits per heavy atom. The summed E-state index contributed by atoms with van der Waals surface area (Å²) >= 11 is 0. The Balaban J connectivity index is 1.74. The number of hydrogen-bond acceptors (Lipinski definition) is 2. The van der Waals surface area contributed by atoms with Crippen molar-refractivity contribution in [3.63, 3.8) is 0 Å². The van der Waals surface area contributed by atoms with E-state index < -0.39 is 5.97 Å². The highest BCUT2D eigenvalue weighted by Crippen LogP contribution is 2.43. The molecule has 2 rings (SSSR count). The molecule has 1 atom stereocenters. The second kappa shape index (κ2) is 5.80. The number of amides is 2. The van der Waals surface area contributed by atoms with Crippen LogP contribution in [-0.2, 0) is 4.79 Å². The van der Waals surface area contributed by atoms with Gasteiger partial charge in [-0.25, -0.2) is 4.79 Å². The lowest BCUT2D eigenvalue weighted by Gasteiger charge is -2.41. The number of rotatable bonds is 7. The fraction of sp³-hybridized carbons (Fsp3) is 0.857. The number of aliphatic carboxylic acids is 1. The first-order valence-electron chi connectivity index (χ1n) is 7.31. The van der Waals surface area contributed by atoms with Crippen LogP contribution in [0.1, 0.15) is 51.9 Å². The summed E-state index contributed by atoms with van der Waals surface area (Å²) in [6.45, 7) is 2.87. The largest absolute Gasteiger partial charge is 0.481 e. The molecular formula is C14H24N2O3. The molecule has 19 heavy (non-hydrogen) atoms. The molecule has 1 unspecified atom stereocenters. The molecule has 0 aliphatic heterocycles. The maximum atomic E-state index is 11.9. The van der Waals surface area contributed by atoms with Crippen molar-refractivity contribution in [2.75, 3.05) is 6.54 Å². The van der Waals surface area contributed by atoms with Crippen molar-refractivity contribution in [2.24, 2.45) is 11.3 Å². The van der Waals surface area contributed by atoms with E-state index in [0.29, 0.717) is 17.9 Å². The SMILES string of the molecule is CCC1(CNC(=O)NC(CC(=O)O)C2CC2)CCC1. The van der Waals surface area contributed by atoms with Gasteiger partial charge in [0, 0.05) is 12.6 Å². The molecule has 2 saturated carbocycles. The van der Waals surface area contributed by atoms with Crippen LogP contribution in [0.2, 0.25) is 0 Å². The zero-order chi connectivity index (χ0) is 13.9. The predicted molar refractivity (Wildman–Crippen MR) is 71.9 cm³/mol. The van der Waals surface area contributed by atoms with Crippen LogP contribution in [0.4, 0.5) is 4.79 Å². The van der Waals surface area contributed by atoms with Crippen molar-refractivity contribution in [3.05, 3.63) is 0 Å². The molecule has 3 N–H and O–H groups in total. The fourth-order valence-electron chi connectivity index (χ4n) is 2.84. The third-order valence-electron chi connectivity index (χ3n) is 4.69. The van der Waals surface area contributed by atoms with Gasteiger partial charge < -0.3 is 15.7 Å². The van der Waals surface area contributed by atoms with Crippen LogP contribution in [0.25, 0.3) is 0 Å². The van der Waals surface area contributed by atoms with Gasteiger partial charge >= 0.3 is 12.0 Å². The Morgan fingerprint density at radius 1 is 1.37 bits per heavy atom. The van der Waals surface area contributed by atoms with Crippen LogP contribution >= 0.6 is 0 Å². The average molecular weight is 268 g/mol. The van der Waals surface area contributed by atoms with Crippen LogP contribution < -0.4 is 10.6 Å². The minimum atomic E-state index is -0.846. The van der Waals surface area contributed by atoms with Crippen LogP contribution in [-0.4, -0.2) is 29.7 Å². The summed E-state index contributed by atoms with van der Waals surface area (Å²) < 4.78 is 0. The molecule has 0 aromatic carbocycles. The van der Waals surface area contributed by atoms with Gasteiger partial charge in [-0.1, -0.05) is 13.3 Å². The van der Waals surface area contributed by atoms with Crippen LogP contribution in [0, 0.1) is 11.3 Å². The monoisotopic (exact) mass is 268 g/mol. The Labute approximate surface area is 114 Å². The third-order valence-corrected chi connectivity index (χ3v) is 4.69. The molecule has 2 amide bonds.